The minimum absolute atomic E-state index is 0.0553. The molecule has 36 heavy (non-hydrogen) atoms. The molecule has 0 aliphatic heterocycles. The average molecular weight is 486 g/mol. The summed E-state index contributed by atoms with van der Waals surface area (Å²) in [6.07, 6.45) is 3.99. The van der Waals surface area contributed by atoms with Crippen LogP contribution in [-0.4, -0.2) is 30.8 Å². The summed E-state index contributed by atoms with van der Waals surface area (Å²) in [5, 5.41) is 5.51. The number of benzene rings is 3. The Hall–Kier alpha value is -4.46. The average Bonchev–Trinajstić information content (AvgIpc) is 3.69. The van der Waals surface area contributed by atoms with Crippen molar-refractivity contribution in [3.63, 3.8) is 0 Å². The third-order valence-corrected chi connectivity index (χ3v) is 6.19. The van der Waals surface area contributed by atoms with Crippen molar-refractivity contribution >= 4 is 34.5 Å². The molecule has 0 radical (unpaired) electrons. The van der Waals surface area contributed by atoms with Gasteiger partial charge < -0.3 is 10.1 Å². The number of ether oxygens (including phenoxy) is 1. The fraction of sp³-hybridized carbons (Fsp3) is 0.214. The summed E-state index contributed by atoms with van der Waals surface area (Å²) in [5.74, 6) is -1.96. The van der Waals surface area contributed by atoms with Crippen molar-refractivity contribution in [1.29, 1.82) is 0 Å². The third kappa shape index (κ3) is 5.78. The second kappa shape index (κ2) is 10.9. The highest BCUT2D eigenvalue weighted by atomic mass is 16.5. The highest BCUT2D eigenvalue weighted by Crippen LogP contribution is 2.48. The fourth-order valence-electron chi connectivity index (χ4n) is 4.17. The number of nitrogens with one attached hydrogen (secondary N) is 3. The van der Waals surface area contributed by atoms with Crippen LogP contribution >= 0.6 is 0 Å². The van der Waals surface area contributed by atoms with E-state index in [0.29, 0.717) is 12.0 Å². The Morgan fingerprint density at radius 1 is 0.889 bits per heavy atom. The maximum absolute atomic E-state index is 13.3. The van der Waals surface area contributed by atoms with Crippen LogP contribution in [-0.2, 0) is 31.1 Å². The van der Waals surface area contributed by atoms with Crippen LogP contribution in [0, 0.1) is 0 Å². The molecule has 1 aliphatic carbocycles. The lowest BCUT2D eigenvalue weighted by Crippen LogP contribution is -2.41. The van der Waals surface area contributed by atoms with E-state index in [1.807, 2.05) is 30.3 Å². The number of amides is 3. The van der Waals surface area contributed by atoms with Crippen molar-refractivity contribution < 1.29 is 23.9 Å². The van der Waals surface area contributed by atoms with Crippen LogP contribution in [0.3, 0.4) is 0 Å². The zero-order valence-electron chi connectivity index (χ0n) is 19.9. The molecule has 0 heterocycles. The van der Waals surface area contributed by atoms with Gasteiger partial charge in [0.25, 0.3) is 11.8 Å². The van der Waals surface area contributed by atoms with Crippen molar-refractivity contribution in [2.75, 3.05) is 7.11 Å². The van der Waals surface area contributed by atoms with Gasteiger partial charge in [-0.15, -0.1) is 0 Å². The van der Waals surface area contributed by atoms with E-state index >= 15 is 0 Å². The number of aryl methyl sites for hydroxylation is 1. The first kappa shape index (κ1) is 24.7. The van der Waals surface area contributed by atoms with Gasteiger partial charge in [-0.1, -0.05) is 60.7 Å². The van der Waals surface area contributed by atoms with Crippen LogP contribution in [0.4, 0.5) is 0 Å². The van der Waals surface area contributed by atoms with E-state index in [0.717, 1.165) is 46.9 Å². The number of rotatable bonds is 8. The van der Waals surface area contributed by atoms with Crippen molar-refractivity contribution in [2.24, 2.45) is 0 Å². The molecule has 3 amide bonds. The molecule has 0 unspecified atom stereocenters. The Bertz CT molecular complexity index is 1340. The smallest absolute Gasteiger partial charge is 0.330 e. The summed E-state index contributed by atoms with van der Waals surface area (Å²) in [6, 6.07) is 21.5. The summed E-state index contributed by atoms with van der Waals surface area (Å²) < 4.78 is 4.40. The lowest BCUT2D eigenvalue weighted by molar-refractivity contribution is -0.135. The zero-order chi connectivity index (χ0) is 25.5. The lowest BCUT2D eigenvalue weighted by Gasteiger charge is -2.21. The molecule has 0 saturated heterocycles. The van der Waals surface area contributed by atoms with Gasteiger partial charge in [-0.3, -0.25) is 25.2 Å². The Morgan fingerprint density at radius 2 is 1.61 bits per heavy atom. The fourth-order valence-corrected chi connectivity index (χ4v) is 4.17. The molecule has 1 aliphatic rings. The van der Waals surface area contributed by atoms with Crippen LogP contribution in [0.5, 0.6) is 0 Å². The zero-order valence-corrected chi connectivity index (χ0v) is 19.9. The normalized spacial score (nSPS) is 13.7. The Balaban J connectivity index is 1.38. The number of fused-ring (bicyclic) bond motifs is 1. The van der Waals surface area contributed by atoms with Gasteiger partial charge in [0.05, 0.1) is 12.6 Å². The van der Waals surface area contributed by atoms with Crippen LogP contribution < -0.4 is 16.2 Å². The van der Waals surface area contributed by atoms with Crippen molar-refractivity contribution in [3.8, 4) is 0 Å². The van der Waals surface area contributed by atoms with Crippen molar-refractivity contribution in [1.82, 2.24) is 16.2 Å². The van der Waals surface area contributed by atoms with E-state index in [1.165, 1.54) is 7.11 Å². The highest BCUT2D eigenvalue weighted by molar-refractivity contribution is 5.98. The SMILES string of the molecule is COC(=O)/C=C/C(=O)NNC(=O)CCc1ccccc1C(=O)NC1(c2cccc3ccccc23)CC1. The van der Waals surface area contributed by atoms with Crippen LogP contribution in [0.2, 0.25) is 0 Å². The quantitative estimate of drug-likeness (QED) is 0.258. The molecule has 0 aromatic heterocycles. The molecule has 0 bridgehead atoms. The molecule has 4 rings (SSSR count). The molecule has 3 aromatic rings. The molecular formula is C28H27N3O5. The van der Waals surface area contributed by atoms with E-state index in [1.54, 1.807) is 12.1 Å². The predicted molar refractivity (Wildman–Crippen MR) is 135 cm³/mol. The highest BCUT2D eigenvalue weighted by Gasteiger charge is 2.46. The summed E-state index contributed by atoms with van der Waals surface area (Å²) in [7, 11) is 1.19. The number of esters is 1. The number of carbonyl (C=O) groups excluding carboxylic acids is 4. The molecule has 8 nitrogen and oxygen atoms in total. The first-order valence-corrected chi connectivity index (χ1v) is 11.7. The van der Waals surface area contributed by atoms with Gasteiger partial charge in [0.15, 0.2) is 0 Å². The standard InChI is InChI=1S/C28H27N3O5/c1-36-26(34)16-15-25(33)31-30-24(32)14-13-20-8-3-5-11-22(20)27(35)29-28(17-18-28)23-12-6-9-19-7-2-4-10-21(19)23/h2-12,15-16H,13-14,17-18H2,1H3,(H,29,35)(H,30,32)(H,31,33)/b16-15+. The summed E-state index contributed by atoms with van der Waals surface area (Å²) >= 11 is 0. The number of hydrogen-bond acceptors (Lipinski definition) is 5. The van der Waals surface area contributed by atoms with E-state index < -0.39 is 23.3 Å². The minimum atomic E-state index is -0.681. The second-order valence-corrected chi connectivity index (χ2v) is 8.61. The number of hydrogen-bond donors (Lipinski definition) is 3. The molecule has 1 fully saturated rings. The van der Waals surface area contributed by atoms with Gasteiger partial charge in [-0.05, 0) is 47.2 Å². The Kier molecular flexibility index (Phi) is 7.44. The van der Waals surface area contributed by atoms with Gasteiger partial charge in [-0.2, -0.15) is 0 Å². The van der Waals surface area contributed by atoms with Gasteiger partial charge in [0, 0.05) is 24.1 Å². The number of hydrazine groups is 1. The Morgan fingerprint density at radius 3 is 2.39 bits per heavy atom. The van der Waals surface area contributed by atoms with Gasteiger partial charge in [0.2, 0.25) is 5.91 Å². The second-order valence-electron chi connectivity index (χ2n) is 8.61. The Labute approximate surface area is 208 Å². The maximum atomic E-state index is 13.3. The monoisotopic (exact) mass is 485 g/mol. The number of carbonyl (C=O) groups is 4. The molecule has 0 spiro atoms. The summed E-state index contributed by atoms with van der Waals surface area (Å²) in [5.41, 5.74) is 6.45. The molecule has 184 valence electrons. The summed E-state index contributed by atoms with van der Waals surface area (Å²) in [4.78, 5) is 48.2. The first-order chi connectivity index (χ1) is 17.4. The summed E-state index contributed by atoms with van der Waals surface area (Å²) in [6.45, 7) is 0. The van der Waals surface area contributed by atoms with Crippen molar-refractivity contribution in [3.05, 3.63) is 95.6 Å². The molecular weight excluding hydrogens is 458 g/mol. The van der Waals surface area contributed by atoms with Gasteiger partial charge in [-0.25, -0.2) is 4.79 Å². The van der Waals surface area contributed by atoms with E-state index in [-0.39, 0.29) is 12.3 Å². The van der Waals surface area contributed by atoms with E-state index in [2.05, 4.69) is 45.2 Å². The molecule has 3 aromatic carbocycles. The van der Waals surface area contributed by atoms with Gasteiger partial charge >= 0.3 is 5.97 Å². The largest absolute Gasteiger partial charge is 0.466 e. The minimum Gasteiger partial charge on any atom is -0.466 e. The van der Waals surface area contributed by atoms with Gasteiger partial charge in [0.1, 0.15) is 0 Å². The van der Waals surface area contributed by atoms with Crippen molar-refractivity contribution in [2.45, 2.75) is 31.2 Å². The van der Waals surface area contributed by atoms with Crippen LogP contribution in [0.1, 0.15) is 40.7 Å². The molecule has 1 saturated carbocycles. The number of methoxy groups -OCH3 is 1. The topological polar surface area (TPSA) is 114 Å². The van der Waals surface area contributed by atoms with Crippen LogP contribution in [0.15, 0.2) is 78.9 Å². The third-order valence-electron chi connectivity index (χ3n) is 6.19. The maximum Gasteiger partial charge on any atom is 0.330 e. The van der Waals surface area contributed by atoms with E-state index in [9.17, 15) is 19.2 Å². The first-order valence-electron chi connectivity index (χ1n) is 11.7. The predicted octanol–water partition coefficient (Wildman–Crippen LogP) is 3.07. The lowest BCUT2D eigenvalue weighted by atomic mass is 9.96. The molecule has 0 atom stereocenters. The molecule has 8 heteroatoms. The molecule has 3 N–H and O–H groups in total. The van der Waals surface area contributed by atoms with E-state index in [4.69, 9.17) is 0 Å². The van der Waals surface area contributed by atoms with Crippen LogP contribution in [0.25, 0.3) is 10.8 Å².